The average Bonchev–Trinajstić information content (AvgIpc) is 3.42. The highest BCUT2D eigenvalue weighted by atomic mass is 32.1. The molecule has 0 saturated heterocycles. The van der Waals surface area contributed by atoms with Gasteiger partial charge in [0.1, 0.15) is 0 Å². The quantitative estimate of drug-likeness (QED) is 0.642. The molecule has 1 aromatic heterocycles. The minimum Gasteiger partial charge on any atom is -0.326 e. The molecule has 6 nitrogen and oxygen atoms in total. The highest BCUT2D eigenvalue weighted by Gasteiger charge is 2.22. The number of hydrogen-bond donors (Lipinski definition) is 1. The Kier molecular flexibility index (Phi) is 5.99. The van der Waals surface area contributed by atoms with Gasteiger partial charge in [0.2, 0.25) is 11.8 Å². The van der Waals surface area contributed by atoms with Gasteiger partial charge in [0, 0.05) is 35.9 Å². The molecule has 0 atom stereocenters. The number of aromatic nitrogens is 1. The standard InChI is InChI=1S/C23H22N4O2S/c1-16-24-21(15-30-16)18-8-5-9-19(14-18)25-22(28)10-11-23(29)27-13-12-20(26-27)17-6-3-2-4-7-17/h2-9,14-15H,10-13H2,1H3,(H,25,28). The van der Waals surface area contributed by atoms with Gasteiger partial charge in [-0.2, -0.15) is 5.10 Å². The topological polar surface area (TPSA) is 74.7 Å². The maximum atomic E-state index is 12.5. The molecule has 1 N–H and O–H groups in total. The SMILES string of the molecule is Cc1nc(-c2cccc(NC(=O)CCC(=O)N3CCC(c4ccccc4)=N3)c2)cs1. The maximum absolute atomic E-state index is 12.5. The van der Waals surface area contributed by atoms with Gasteiger partial charge in [0.25, 0.3) is 0 Å². The first-order valence-corrected chi connectivity index (χ1v) is 10.7. The van der Waals surface area contributed by atoms with Crippen LogP contribution in [0.15, 0.2) is 65.1 Å². The van der Waals surface area contributed by atoms with Crippen LogP contribution in [0.1, 0.15) is 29.8 Å². The molecule has 30 heavy (non-hydrogen) atoms. The first kappa shape index (κ1) is 20.0. The van der Waals surface area contributed by atoms with Crippen LogP contribution >= 0.6 is 11.3 Å². The van der Waals surface area contributed by atoms with Crippen LogP contribution in [0.3, 0.4) is 0 Å². The second-order valence-corrected chi connectivity index (χ2v) is 8.12. The summed E-state index contributed by atoms with van der Waals surface area (Å²) in [5.74, 6) is -0.329. The Morgan fingerprint density at radius 3 is 2.63 bits per heavy atom. The first-order chi connectivity index (χ1) is 14.6. The second kappa shape index (κ2) is 9.00. The van der Waals surface area contributed by atoms with Crippen molar-refractivity contribution in [3.8, 4) is 11.3 Å². The third-order valence-electron chi connectivity index (χ3n) is 4.82. The molecule has 2 aromatic carbocycles. The Morgan fingerprint density at radius 1 is 1.07 bits per heavy atom. The van der Waals surface area contributed by atoms with Crippen LogP contribution in [0.2, 0.25) is 0 Å². The number of anilines is 1. The summed E-state index contributed by atoms with van der Waals surface area (Å²) >= 11 is 1.59. The lowest BCUT2D eigenvalue weighted by molar-refractivity contribution is -0.132. The van der Waals surface area contributed by atoms with Crippen molar-refractivity contribution in [1.29, 1.82) is 0 Å². The van der Waals surface area contributed by atoms with E-state index in [1.165, 1.54) is 5.01 Å². The third-order valence-corrected chi connectivity index (χ3v) is 5.60. The summed E-state index contributed by atoms with van der Waals surface area (Å²) in [4.78, 5) is 29.3. The lowest BCUT2D eigenvalue weighted by Gasteiger charge is -2.11. The number of amides is 2. The minimum atomic E-state index is -0.193. The molecule has 2 amide bonds. The second-order valence-electron chi connectivity index (χ2n) is 7.06. The summed E-state index contributed by atoms with van der Waals surface area (Å²) in [6.45, 7) is 2.52. The zero-order valence-electron chi connectivity index (χ0n) is 16.7. The molecule has 0 fully saturated rings. The number of carbonyl (C=O) groups excluding carboxylic acids is 2. The first-order valence-electron chi connectivity index (χ1n) is 9.84. The predicted molar refractivity (Wildman–Crippen MR) is 119 cm³/mol. The van der Waals surface area contributed by atoms with E-state index in [4.69, 9.17) is 0 Å². The van der Waals surface area contributed by atoms with Gasteiger partial charge in [0.05, 0.1) is 23.0 Å². The number of rotatable bonds is 6. The van der Waals surface area contributed by atoms with Crippen molar-refractivity contribution in [2.75, 3.05) is 11.9 Å². The molecular formula is C23H22N4O2S. The van der Waals surface area contributed by atoms with Gasteiger partial charge in [-0.1, -0.05) is 42.5 Å². The van der Waals surface area contributed by atoms with Gasteiger partial charge in [0.15, 0.2) is 0 Å². The van der Waals surface area contributed by atoms with Crippen LogP contribution in [-0.2, 0) is 9.59 Å². The Labute approximate surface area is 179 Å². The minimum absolute atomic E-state index is 0.117. The smallest absolute Gasteiger partial charge is 0.243 e. The van der Waals surface area contributed by atoms with Gasteiger partial charge < -0.3 is 5.32 Å². The van der Waals surface area contributed by atoms with Crippen LogP contribution in [0.5, 0.6) is 0 Å². The van der Waals surface area contributed by atoms with Crippen molar-refractivity contribution in [3.63, 3.8) is 0 Å². The highest BCUT2D eigenvalue weighted by molar-refractivity contribution is 7.09. The Morgan fingerprint density at radius 2 is 1.87 bits per heavy atom. The fourth-order valence-electron chi connectivity index (χ4n) is 3.30. The molecule has 0 unspecified atom stereocenters. The van der Waals surface area contributed by atoms with E-state index in [2.05, 4.69) is 15.4 Å². The van der Waals surface area contributed by atoms with E-state index in [0.717, 1.165) is 34.0 Å². The molecule has 1 aliphatic rings. The van der Waals surface area contributed by atoms with E-state index in [0.29, 0.717) is 12.2 Å². The zero-order chi connectivity index (χ0) is 20.9. The van der Waals surface area contributed by atoms with E-state index in [9.17, 15) is 9.59 Å². The van der Waals surface area contributed by atoms with Gasteiger partial charge in [-0.3, -0.25) is 9.59 Å². The Balaban J connectivity index is 1.31. The summed E-state index contributed by atoms with van der Waals surface area (Å²) in [6, 6.07) is 17.4. The molecule has 1 aliphatic heterocycles. The number of nitrogens with one attached hydrogen (secondary N) is 1. The fourth-order valence-corrected chi connectivity index (χ4v) is 3.92. The number of aryl methyl sites for hydroxylation is 1. The molecule has 0 radical (unpaired) electrons. The van der Waals surface area contributed by atoms with Crippen molar-refractivity contribution < 1.29 is 9.59 Å². The largest absolute Gasteiger partial charge is 0.326 e. The third kappa shape index (κ3) is 4.80. The Bertz CT molecular complexity index is 1090. The number of carbonyl (C=O) groups is 2. The Hall–Kier alpha value is -3.32. The predicted octanol–water partition coefficient (Wildman–Crippen LogP) is 4.47. The van der Waals surface area contributed by atoms with Crippen LogP contribution in [0, 0.1) is 6.92 Å². The van der Waals surface area contributed by atoms with Crippen LogP contribution in [0.25, 0.3) is 11.3 Å². The van der Waals surface area contributed by atoms with E-state index in [-0.39, 0.29) is 24.7 Å². The van der Waals surface area contributed by atoms with E-state index < -0.39 is 0 Å². The molecule has 3 aromatic rings. The highest BCUT2D eigenvalue weighted by Crippen LogP contribution is 2.24. The summed E-state index contributed by atoms with van der Waals surface area (Å²) in [5.41, 5.74) is 4.47. The van der Waals surface area contributed by atoms with Crippen molar-refractivity contribution >= 4 is 34.6 Å². The summed E-state index contributed by atoms with van der Waals surface area (Å²) in [6.07, 6.45) is 0.971. The normalized spacial score (nSPS) is 13.2. The lowest BCUT2D eigenvalue weighted by Crippen LogP contribution is -2.25. The van der Waals surface area contributed by atoms with Crippen LogP contribution in [-0.4, -0.2) is 34.1 Å². The van der Waals surface area contributed by atoms with Crippen molar-refractivity contribution in [3.05, 3.63) is 70.5 Å². The van der Waals surface area contributed by atoms with Gasteiger partial charge in [-0.05, 0) is 24.6 Å². The maximum Gasteiger partial charge on any atom is 0.243 e. The van der Waals surface area contributed by atoms with E-state index >= 15 is 0 Å². The summed E-state index contributed by atoms with van der Waals surface area (Å²) in [7, 11) is 0. The molecule has 0 bridgehead atoms. The van der Waals surface area contributed by atoms with Crippen LogP contribution in [0.4, 0.5) is 5.69 Å². The van der Waals surface area contributed by atoms with Crippen molar-refractivity contribution in [1.82, 2.24) is 9.99 Å². The van der Waals surface area contributed by atoms with E-state index in [1.807, 2.05) is 66.9 Å². The van der Waals surface area contributed by atoms with Gasteiger partial charge in [-0.25, -0.2) is 9.99 Å². The van der Waals surface area contributed by atoms with Gasteiger partial charge in [-0.15, -0.1) is 11.3 Å². The molecular weight excluding hydrogens is 396 g/mol. The number of benzene rings is 2. The summed E-state index contributed by atoms with van der Waals surface area (Å²) < 4.78 is 0. The average molecular weight is 419 g/mol. The number of hydrogen-bond acceptors (Lipinski definition) is 5. The number of thiazole rings is 1. The molecule has 0 spiro atoms. The number of nitrogens with zero attached hydrogens (tertiary/aromatic N) is 3. The molecule has 4 rings (SSSR count). The fraction of sp³-hybridized carbons (Fsp3) is 0.217. The molecule has 2 heterocycles. The van der Waals surface area contributed by atoms with Crippen molar-refractivity contribution in [2.45, 2.75) is 26.2 Å². The lowest BCUT2D eigenvalue weighted by atomic mass is 10.1. The molecule has 152 valence electrons. The van der Waals surface area contributed by atoms with Crippen LogP contribution < -0.4 is 5.32 Å². The number of hydrazone groups is 1. The molecule has 7 heteroatoms. The van der Waals surface area contributed by atoms with E-state index in [1.54, 1.807) is 11.3 Å². The monoisotopic (exact) mass is 418 g/mol. The molecule has 0 saturated carbocycles. The zero-order valence-corrected chi connectivity index (χ0v) is 17.5. The van der Waals surface area contributed by atoms with Gasteiger partial charge >= 0.3 is 0 Å². The molecule has 0 aliphatic carbocycles. The van der Waals surface area contributed by atoms with Crippen molar-refractivity contribution in [2.24, 2.45) is 5.10 Å². The summed E-state index contributed by atoms with van der Waals surface area (Å²) in [5, 5.41) is 11.8.